The summed E-state index contributed by atoms with van der Waals surface area (Å²) in [6.07, 6.45) is 0.410. The molecule has 0 radical (unpaired) electrons. The smallest absolute Gasteiger partial charge is 0.265 e. The Kier molecular flexibility index (Phi) is 6.07. The van der Waals surface area contributed by atoms with Gasteiger partial charge in [-0.05, 0) is 50.1 Å². The summed E-state index contributed by atoms with van der Waals surface area (Å²) in [6.45, 7) is 3.16. The van der Waals surface area contributed by atoms with E-state index in [1.807, 2.05) is 12.1 Å². The molecule has 1 atom stereocenters. The number of amides is 1. The fourth-order valence-electron chi connectivity index (χ4n) is 2.11. The molecule has 0 aromatic heterocycles. The van der Waals surface area contributed by atoms with Gasteiger partial charge in [0.05, 0.1) is 5.69 Å². The largest absolute Gasteiger partial charge is 0.481 e. The Morgan fingerprint density at radius 3 is 2.42 bits per heavy atom. The molecule has 0 spiro atoms. The van der Waals surface area contributed by atoms with Crippen LogP contribution in [0.1, 0.15) is 25.8 Å². The molecule has 24 heavy (non-hydrogen) atoms. The second kappa shape index (κ2) is 8.24. The van der Waals surface area contributed by atoms with Gasteiger partial charge in [0.15, 0.2) is 6.10 Å². The van der Waals surface area contributed by atoms with E-state index in [0.717, 1.165) is 5.56 Å². The fourth-order valence-corrected chi connectivity index (χ4v) is 2.11. The van der Waals surface area contributed by atoms with E-state index in [0.29, 0.717) is 18.6 Å². The van der Waals surface area contributed by atoms with Gasteiger partial charge in [0.2, 0.25) is 0 Å². The van der Waals surface area contributed by atoms with Crippen LogP contribution in [0.3, 0.4) is 0 Å². The summed E-state index contributed by atoms with van der Waals surface area (Å²) in [4.78, 5) is 23.1. The van der Waals surface area contributed by atoms with Crippen LogP contribution in [0, 0.1) is 5.82 Å². The molecule has 1 amide bonds. The third-order valence-electron chi connectivity index (χ3n) is 3.50. The summed E-state index contributed by atoms with van der Waals surface area (Å²) < 4.78 is 19.1. The number of halogens is 1. The predicted molar refractivity (Wildman–Crippen MR) is 90.6 cm³/mol. The van der Waals surface area contributed by atoms with Crippen molar-refractivity contribution in [3.05, 3.63) is 59.9 Å². The lowest BCUT2D eigenvalue weighted by atomic mass is 10.1. The van der Waals surface area contributed by atoms with E-state index in [-0.39, 0.29) is 11.5 Å². The molecule has 4 nitrogen and oxygen atoms in total. The Balaban J connectivity index is 1.91. The predicted octanol–water partition coefficient (Wildman–Crippen LogP) is 3.75. The summed E-state index contributed by atoms with van der Waals surface area (Å²) in [6, 6.07) is 13.2. The number of benzene rings is 2. The zero-order chi connectivity index (χ0) is 17.5. The van der Waals surface area contributed by atoms with E-state index < -0.39 is 17.8 Å². The molecule has 2 aromatic carbocycles. The van der Waals surface area contributed by atoms with Gasteiger partial charge in [-0.1, -0.05) is 24.3 Å². The quantitative estimate of drug-likeness (QED) is 0.841. The molecule has 0 aliphatic carbocycles. The van der Waals surface area contributed by atoms with E-state index in [4.69, 9.17) is 4.74 Å². The summed E-state index contributed by atoms with van der Waals surface area (Å²) >= 11 is 0. The number of rotatable bonds is 7. The molecule has 0 saturated heterocycles. The van der Waals surface area contributed by atoms with Crippen LogP contribution >= 0.6 is 0 Å². The Labute approximate surface area is 140 Å². The van der Waals surface area contributed by atoms with Crippen LogP contribution in [0.2, 0.25) is 0 Å². The SMILES string of the molecule is CC(=O)CCc1ccc(OC(C)C(=O)Nc2ccccc2F)cc1. The molecule has 2 aromatic rings. The highest BCUT2D eigenvalue weighted by Crippen LogP contribution is 2.17. The summed E-state index contributed by atoms with van der Waals surface area (Å²) in [5.41, 5.74) is 1.15. The van der Waals surface area contributed by atoms with Crippen molar-refractivity contribution in [3.8, 4) is 5.75 Å². The lowest BCUT2D eigenvalue weighted by molar-refractivity contribution is -0.122. The van der Waals surface area contributed by atoms with Gasteiger partial charge in [-0.25, -0.2) is 4.39 Å². The maximum Gasteiger partial charge on any atom is 0.265 e. The Morgan fingerprint density at radius 1 is 1.12 bits per heavy atom. The highest BCUT2D eigenvalue weighted by Gasteiger charge is 2.16. The first-order chi connectivity index (χ1) is 11.5. The van der Waals surface area contributed by atoms with Crippen molar-refractivity contribution in [2.24, 2.45) is 0 Å². The van der Waals surface area contributed by atoms with Crippen LogP contribution in [0.25, 0.3) is 0 Å². The van der Waals surface area contributed by atoms with Crippen molar-refractivity contribution in [2.45, 2.75) is 32.8 Å². The minimum absolute atomic E-state index is 0.123. The molecular weight excluding hydrogens is 309 g/mol. The average molecular weight is 329 g/mol. The average Bonchev–Trinajstić information content (AvgIpc) is 2.56. The van der Waals surface area contributed by atoms with Gasteiger partial charge in [0.25, 0.3) is 5.91 Å². The Bertz CT molecular complexity index is 713. The molecule has 0 bridgehead atoms. The Hall–Kier alpha value is -2.69. The molecular formula is C19H20FNO3. The summed E-state index contributed by atoms with van der Waals surface area (Å²) in [5.74, 6) is -0.236. The van der Waals surface area contributed by atoms with Gasteiger partial charge >= 0.3 is 0 Å². The summed E-state index contributed by atoms with van der Waals surface area (Å²) in [5, 5.41) is 2.50. The number of ether oxygens (including phenoxy) is 1. The topological polar surface area (TPSA) is 55.4 Å². The van der Waals surface area contributed by atoms with Crippen LogP contribution in [0.15, 0.2) is 48.5 Å². The fraction of sp³-hybridized carbons (Fsp3) is 0.263. The van der Waals surface area contributed by atoms with Crippen molar-refractivity contribution >= 4 is 17.4 Å². The molecule has 126 valence electrons. The number of hydrogen-bond acceptors (Lipinski definition) is 3. The zero-order valence-electron chi connectivity index (χ0n) is 13.7. The van der Waals surface area contributed by atoms with Crippen LogP contribution in [-0.4, -0.2) is 17.8 Å². The standard InChI is InChI=1S/C19H20FNO3/c1-13(22)7-8-15-9-11-16(12-10-15)24-14(2)19(23)21-18-6-4-3-5-17(18)20/h3-6,9-12,14H,7-8H2,1-2H3,(H,21,23). The minimum atomic E-state index is -0.771. The maximum atomic E-state index is 13.5. The van der Waals surface area contributed by atoms with E-state index in [1.54, 1.807) is 38.1 Å². The number of nitrogens with one attached hydrogen (secondary N) is 1. The van der Waals surface area contributed by atoms with Crippen LogP contribution in [0.4, 0.5) is 10.1 Å². The molecule has 0 aliphatic rings. The van der Waals surface area contributed by atoms with Gasteiger partial charge < -0.3 is 14.8 Å². The van der Waals surface area contributed by atoms with E-state index in [2.05, 4.69) is 5.32 Å². The van der Waals surface area contributed by atoms with E-state index >= 15 is 0 Å². The van der Waals surface area contributed by atoms with Crippen molar-refractivity contribution in [1.82, 2.24) is 0 Å². The first-order valence-electron chi connectivity index (χ1n) is 7.76. The number of anilines is 1. The monoisotopic (exact) mass is 329 g/mol. The van der Waals surface area contributed by atoms with Gasteiger partial charge in [-0.15, -0.1) is 0 Å². The van der Waals surface area contributed by atoms with Gasteiger partial charge in [-0.3, -0.25) is 4.79 Å². The number of Topliss-reactive ketones (excluding diaryl/α,β-unsaturated/α-hetero) is 1. The second-order valence-electron chi connectivity index (χ2n) is 5.58. The molecule has 1 unspecified atom stereocenters. The lowest BCUT2D eigenvalue weighted by Gasteiger charge is -2.15. The molecule has 2 rings (SSSR count). The third kappa shape index (κ3) is 5.19. The molecule has 1 N–H and O–H groups in total. The van der Waals surface area contributed by atoms with Gasteiger partial charge in [0, 0.05) is 6.42 Å². The molecule has 0 heterocycles. The van der Waals surface area contributed by atoms with E-state index in [9.17, 15) is 14.0 Å². The minimum Gasteiger partial charge on any atom is -0.481 e. The van der Waals surface area contributed by atoms with E-state index in [1.165, 1.54) is 12.1 Å². The second-order valence-corrected chi connectivity index (χ2v) is 5.58. The van der Waals surface area contributed by atoms with Gasteiger partial charge in [0.1, 0.15) is 17.3 Å². The number of para-hydroxylation sites is 1. The Morgan fingerprint density at radius 2 is 1.79 bits per heavy atom. The normalized spacial score (nSPS) is 11.6. The van der Waals surface area contributed by atoms with Gasteiger partial charge in [-0.2, -0.15) is 0 Å². The lowest BCUT2D eigenvalue weighted by Crippen LogP contribution is -2.30. The molecule has 0 saturated carbocycles. The summed E-state index contributed by atoms with van der Waals surface area (Å²) in [7, 11) is 0. The number of ketones is 1. The van der Waals surface area contributed by atoms with Crippen molar-refractivity contribution in [2.75, 3.05) is 5.32 Å². The number of hydrogen-bond donors (Lipinski definition) is 1. The first-order valence-corrected chi connectivity index (χ1v) is 7.76. The maximum absolute atomic E-state index is 13.5. The number of carbonyl (C=O) groups excluding carboxylic acids is 2. The molecule has 5 heteroatoms. The highest BCUT2D eigenvalue weighted by molar-refractivity contribution is 5.94. The number of carbonyl (C=O) groups is 2. The number of aryl methyl sites for hydroxylation is 1. The molecule has 0 aliphatic heterocycles. The van der Waals surface area contributed by atoms with Crippen LogP contribution in [-0.2, 0) is 16.0 Å². The van der Waals surface area contributed by atoms with Crippen molar-refractivity contribution in [1.29, 1.82) is 0 Å². The van der Waals surface area contributed by atoms with Crippen molar-refractivity contribution < 1.29 is 18.7 Å². The zero-order valence-corrected chi connectivity index (χ0v) is 13.7. The van der Waals surface area contributed by atoms with Crippen LogP contribution in [0.5, 0.6) is 5.75 Å². The third-order valence-corrected chi connectivity index (χ3v) is 3.50. The first kappa shape index (κ1) is 17.7. The van der Waals surface area contributed by atoms with Crippen molar-refractivity contribution in [3.63, 3.8) is 0 Å². The van der Waals surface area contributed by atoms with Crippen LogP contribution < -0.4 is 10.1 Å². The highest BCUT2D eigenvalue weighted by atomic mass is 19.1. The molecule has 0 fully saturated rings.